The monoisotopic (exact) mass is 258 g/mol. The molecule has 1 rings (SSSR count). The van der Waals surface area contributed by atoms with Gasteiger partial charge in [0.1, 0.15) is 0 Å². The second-order valence-corrected chi connectivity index (χ2v) is 5.60. The van der Waals surface area contributed by atoms with Crippen molar-refractivity contribution in [2.24, 2.45) is 11.8 Å². The van der Waals surface area contributed by atoms with Gasteiger partial charge in [-0.15, -0.1) is 0 Å². The highest BCUT2D eigenvalue weighted by atomic mass is 16.3. The fourth-order valence-corrected chi connectivity index (χ4v) is 2.44. The molecule has 3 atom stereocenters. The summed E-state index contributed by atoms with van der Waals surface area (Å²) in [5.41, 5.74) is 0. The Morgan fingerprint density at radius 2 is 2.22 bits per heavy atom. The molecule has 5 nitrogen and oxygen atoms in total. The van der Waals surface area contributed by atoms with Crippen molar-refractivity contribution in [3.05, 3.63) is 0 Å². The van der Waals surface area contributed by atoms with Crippen LogP contribution in [0.5, 0.6) is 0 Å². The van der Waals surface area contributed by atoms with E-state index in [9.17, 15) is 9.90 Å². The number of nitrogens with one attached hydrogen (secondary N) is 2. The lowest BCUT2D eigenvalue weighted by atomic mass is 9.94. The summed E-state index contributed by atoms with van der Waals surface area (Å²) in [6.45, 7) is 5.53. The average molecular weight is 258 g/mol. The first-order valence-corrected chi connectivity index (χ1v) is 6.83. The summed E-state index contributed by atoms with van der Waals surface area (Å²) in [6, 6.07) is -0.270. The van der Waals surface area contributed by atoms with Crippen molar-refractivity contribution in [2.75, 3.05) is 19.7 Å². The zero-order valence-electron chi connectivity index (χ0n) is 11.4. The second-order valence-electron chi connectivity index (χ2n) is 5.60. The van der Waals surface area contributed by atoms with Gasteiger partial charge in [-0.1, -0.05) is 13.8 Å². The zero-order valence-corrected chi connectivity index (χ0v) is 11.4. The van der Waals surface area contributed by atoms with E-state index in [0.717, 1.165) is 12.8 Å². The van der Waals surface area contributed by atoms with Crippen molar-refractivity contribution in [1.29, 1.82) is 0 Å². The van der Waals surface area contributed by atoms with Gasteiger partial charge in [-0.2, -0.15) is 0 Å². The third-order valence-electron chi connectivity index (χ3n) is 3.33. The van der Waals surface area contributed by atoms with Crippen LogP contribution >= 0.6 is 0 Å². The quantitative estimate of drug-likeness (QED) is 0.513. The van der Waals surface area contributed by atoms with Gasteiger partial charge in [0.05, 0.1) is 12.1 Å². The van der Waals surface area contributed by atoms with Crippen LogP contribution in [0.4, 0.5) is 0 Å². The smallest absolute Gasteiger partial charge is 0.237 e. The first-order valence-electron chi connectivity index (χ1n) is 6.83. The van der Waals surface area contributed by atoms with Crippen molar-refractivity contribution >= 4 is 5.91 Å². The molecule has 1 heterocycles. The van der Waals surface area contributed by atoms with Gasteiger partial charge in [0, 0.05) is 19.7 Å². The van der Waals surface area contributed by atoms with E-state index in [1.54, 1.807) is 0 Å². The Bertz CT molecular complexity index is 259. The van der Waals surface area contributed by atoms with Crippen LogP contribution in [0.2, 0.25) is 0 Å². The second kappa shape index (κ2) is 7.71. The Kier molecular flexibility index (Phi) is 6.60. The molecule has 106 valence electrons. The van der Waals surface area contributed by atoms with Gasteiger partial charge in [-0.25, -0.2) is 0 Å². The molecule has 1 aliphatic heterocycles. The lowest BCUT2D eigenvalue weighted by Gasteiger charge is -2.20. The van der Waals surface area contributed by atoms with Crippen LogP contribution in [0.3, 0.4) is 0 Å². The summed E-state index contributed by atoms with van der Waals surface area (Å²) >= 11 is 0. The lowest BCUT2D eigenvalue weighted by molar-refractivity contribution is -0.123. The molecule has 0 bridgehead atoms. The van der Waals surface area contributed by atoms with Crippen LogP contribution in [-0.4, -0.2) is 48.0 Å². The summed E-state index contributed by atoms with van der Waals surface area (Å²) in [6.07, 6.45) is 1.80. The van der Waals surface area contributed by atoms with E-state index in [4.69, 9.17) is 5.11 Å². The molecule has 1 amide bonds. The predicted molar refractivity (Wildman–Crippen MR) is 70.1 cm³/mol. The summed E-state index contributed by atoms with van der Waals surface area (Å²) in [5, 5.41) is 24.3. The molecule has 0 spiro atoms. The predicted octanol–water partition coefficient (Wildman–Crippen LogP) is -0.130. The van der Waals surface area contributed by atoms with Crippen molar-refractivity contribution < 1.29 is 15.0 Å². The molecule has 0 aliphatic carbocycles. The Morgan fingerprint density at radius 1 is 1.50 bits per heavy atom. The molecule has 5 heteroatoms. The van der Waals surface area contributed by atoms with E-state index < -0.39 is 6.10 Å². The largest absolute Gasteiger partial charge is 0.396 e. The molecule has 0 saturated carbocycles. The maximum Gasteiger partial charge on any atom is 0.237 e. The first-order chi connectivity index (χ1) is 8.52. The van der Waals surface area contributed by atoms with Gasteiger partial charge >= 0.3 is 0 Å². The van der Waals surface area contributed by atoms with E-state index >= 15 is 0 Å². The van der Waals surface area contributed by atoms with Gasteiger partial charge in [0.15, 0.2) is 0 Å². The Morgan fingerprint density at radius 3 is 2.72 bits per heavy atom. The van der Waals surface area contributed by atoms with E-state index in [1.807, 2.05) is 0 Å². The topological polar surface area (TPSA) is 81.6 Å². The summed E-state index contributed by atoms with van der Waals surface area (Å²) < 4.78 is 0. The number of aliphatic hydroxyl groups is 2. The molecule has 3 unspecified atom stereocenters. The summed E-state index contributed by atoms with van der Waals surface area (Å²) in [7, 11) is 0. The number of aliphatic hydroxyl groups excluding tert-OH is 2. The maximum atomic E-state index is 11.8. The third-order valence-corrected chi connectivity index (χ3v) is 3.33. The van der Waals surface area contributed by atoms with E-state index in [2.05, 4.69) is 24.5 Å². The highest BCUT2D eigenvalue weighted by Gasteiger charge is 2.28. The van der Waals surface area contributed by atoms with Gasteiger partial charge in [0.2, 0.25) is 5.91 Å². The van der Waals surface area contributed by atoms with Gasteiger partial charge in [-0.05, 0) is 31.1 Å². The minimum atomic E-state index is -0.412. The van der Waals surface area contributed by atoms with E-state index in [1.165, 1.54) is 0 Å². The van der Waals surface area contributed by atoms with Crippen molar-refractivity contribution in [1.82, 2.24) is 10.6 Å². The Labute approximate surface area is 109 Å². The van der Waals surface area contributed by atoms with Crippen LogP contribution in [0.1, 0.15) is 33.1 Å². The van der Waals surface area contributed by atoms with E-state index in [0.29, 0.717) is 31.3 Å². The minimum absolute atomic E-state index is 0.0433. The minimum Gasteiger partial charge on any atom is -0.396 e. The van der Waals surface area contributed by atoms with Gasteiger partial charge in [0.25, 0.3) is 0 Å². The molecule has 0 aromatic heterocycles. The summed E-state index contributed by atoms with van der Waals surface area (Å²) in [5.74, 6) is 0.841. The lowest BCUT2D eigenvalue weighted by Crippen LogP contribution is -2.42. The molecule has 0 radical (unpaired) electrons. The maximum absolute atomic E-state index is 11.8. The molecular formula is C13H26N2O3. The molecule has 18 heavy (non-hydrogen) atoms. The third kappa shape index (κ3) is 5.33. The molecule has 0 aromatic carbocycles. The number of rotatable bonds is 7. The number of amides is 1. The van der Waals surface area contributed by atoms with E-state index in [-0.39, 0.29) is 18.6 Å². The Balaban J connectivity index is 2.30. The van der Waals surface area contributed by atoms with Gasteiger partial charge in [-0.3, -0.25) is 4.79 Å². The SMILES string of the molecule is CC(C)CC(CCO)CNC(=O)C1CC(O)CN1. The first kappa shape index (κ1) is 15.4. The Hall–Kier alpha value is -0.650. The highest BCUT2D eigenvalue weighted by molar-refractivity contribution is 5.82. The molecule has 4 N–H and O–H groups in total. The van der Waals surface area contributed by atoms with Crippen LogP contribution in [0.15, 0.2) is 0 Å². The van der Waals surface area contributed by atoms with Crippen LogP contribution in [0.25, 0.3) is 0 Å². The molecule has 0 aromatic rings. The number of carbonyl (C=O) groups is 1. The van der Waals surface area contributed by atoms with Crippen LogP contribution in [-0.2, 0) is 4.79 Å². The van der Waals surface area contributed by atoms with Crippen LogP contribution in [0, 0.1) is 11.8 Å². The molecule has 1 aliphatic rings. The number of carbonyl (C=O) groups excluding carboxylic acids is 1. The normalized spacial score (nSPS) is 25.4. The standard InChI is InChI=1S/C13H26N2O3/c1-9(2)5-10(3-4-16)7-15-13(18)12-6-11(17)8-14-12/h9-12,14,16-17H,3-8H2,1-2H3,(H,15,18). The van der Waals surface area contributed by atoms with Crippen molar-refractivity contribution in [3.8, 4) is 0 Å². The zero-order chi connectivity index (χ0) is 13.5. The van der Waals surface area contributed by atoms with Gasteiger partial charge < -0.3 is 20.8 Å². The fraction of sp³-hybridized carbons (Fsp3) is 0.923. The molecule has 1 saturated heterocycles. The number of hydrogen-bond donors (Lipinski definition) is 4. The average Bonchev–Trinajstić information content (AvgIpc) is 2.72. The molecular weight excluding hydrogens is 232 g/mol. The number of hydrogen-bond acceptors (Lipinski definition) is 4. The van der Waals surface area contributed by atoms with Crippen molar-refractivity contribution in [2.45, 2.75) is 45.3 Å². The summed E-state index contributed by atoms with van der Waals surface area (Å²) in [4.78, 5) is 11.8. The fourth-order valence-electron chi connectivity index (χ4n) is 2.44. The van der Waals surface area contributed by atoms with Crippen LogP contribution < -0.4 is 10.6 Å². The number of β-amino-alcohol motifs (C(OH)–C–C–N with tert-alkyl or cyclic N) is 1. The van der Waals surface area contributed by atoms with Crippen molar-refractivity contribution in [3.63, 3.8) is 0 Å². The highest BCUT2D eigenvalue weighted by Crippen LogP contribution is 2.14. The molecule has 1 fully saturated rings.